The van der Waals surface area contributed by atoms with Crippen molar-refractivity contribution in [3.05, 3.63) is 29.0 Å². The van der Waals surface area contributed by atoms with E-state index in [9.17, 15) is 10.3 Å². The molecule has 1 rings (SSSR count). The summed E-state index contributed by atoms with van der Waals surface area (Å²) >= 11 is 0. The van der Waals surface area contributed by atoms with E-state index in [1.165, 1.54) is 44.9 Å². The molecular formula is C21H35NO3. The Hall–Kier alpha value is -1.71. The lowest BCUT2D eigenvalue weighted by Crippen LogP contribution is -2.15. The highest BCUT2D eigenvalue weighted by atomic mass is 16.5. The standard InChI is InChI=1S/C21H35NO3/c1-4-6-7-8-9-10-11-12-18(3)16-22(24)17-19-13-14-20(23)21(15-19)25-5-2/h13-15,17-18,23H,4-12,16H2,1-3H3. The maximum Gasteiger partial charge on any atom is 0.181 e. The third kappa shape index (κ3) is 9.37. The number of phenolic OH excluding ortho intramolecular Hbond substituents is 1. The molecule has 25 heavy (non-hydrogen) atoms. The second kappa shape index (κ2) is 12.6. The number of unbranched alkanes of at least 4 members (excludes halogenated alkanes) is 6. The molecule has 1 unspecified atom stereocenters. The predicted octanol–water partition coefficient (Wildman–Crippen LogP) is 5.50. The molecule has 0 fully saturated rings. The normalized spacial score (nSPS) is 13.0. The number of nitrogens with zero attached hydrogens (tertiary/aromatic N) is 1. The van der Waals surface area contributed by atoms with Crippen molar-refractivity contribution >= 4 is 6.21 Å². The second-order valence-electron chi connectivity index (χ2n) is 6.90. The largest absolute Gasteiger partial charge is 0.624 e. The van der Waals surface area contributed by atoms with Gasteiger partial charge >= 0.3 is 0 Å². The van der Waals surface area contributed by atoms with Crippen LogP contribution in [-0.4, -0.2) is 29.2 Å². The van der Waals surface area contributed by atoms with Crippen LogP contribution in [0, 0.1) is 11.1 Å². The van der Waals surface area contributed by atoms with E-state index in [4.69, 9.17) is 4.74 Å². The fraction of sp³-hybridized carbons (Fsp3) is 0.667. The lowest BCUT2D eigenvalue weighted by atomic mass is 10.0. The summed E-state index contributed by atoms with van der Waals surface area (Å²) in [6, 6.07) is 4.99. The summed E-state index contributed by atoms with van der Waals surface area (Å²) in [5.74, 6) is 0.900. The number of phenols is 1. The van der Waals surface area contributed by atoms with Crippen LogP contribution in [0.1, 0.15) is 77.7 Å². The third-order valence-electron chi connectivity index (χ3n) is 4.37. The minimum atomic E-state index is 0.101. The first-order valence-corrected chi connectivity index (χ1v) is 9.81. The first kappa shape index (κ1) is 21.3. The van der Waals surface area contributed by atoms with E-state index in [1.54, 1.807) is 24.4 Å². The topological polar surface area (TPSA) is 55.5 Å². The van der Waals surface area contributed by atoms with Gasteiger partial charge in [-0.15, -0.1) is 0 Å². The Morgan fingerprint density at radius 2 is 1.80 bits per heavy atom. The van der Waals surface area contributed by atoms with Crippen molar-refractivity contribution in [1.29, 1.82) is 0 Å². The highest BCUT2D eigenvalue weighted by Gasteiger charge is 2.08. The number of hydrogen-bond acceptors (Lipinski definition) is 3. The summed E-state index contributed by atoms with van der Waals surface area (Å²) < 4.78 is 6.34. The van der Waals surface area contributed by atoms with Gasteiger partial charge in [-0.1, -0.05) is 58.8 Å². The van der Waals surface area contributed by atoms with Crippen LogP contribution in [0.4, 0.5) is 0 Å². The molecule has 1 atom stereocenters. The van der Waals surface area contributed by atoms with Gasteiger partial charge in [-0.05, 0) is 31.5 Å². The van der Waals surface area contributed by atoms with Gasteiger partial charge < -0.3 is 15.1 Å². The Balaban J connectivity index is 2.35. The molecule has 0 bridgehead atoms. The Labute approximate surface area is 153 Å². The van der Waals surface area contributed by atoms with Crippen molar-refractivity contribution < 1.29 is 14.6 Å². The van der Waals surface area contributed by atoms with Crippen LogP contribution < -0.4 is 4.74 Å². The van der Waals surface area contributed by atoms with E-state index < -0.39 is 0 Å². The molecule has 1 N–H and O–H groups in total. The van der Waals surface area contributed by atoms with Gasteiger partial charge in [-0.2, -0.15) is 0 Å². The van der Waals surface area contributed by atoms with Gasteiger partial charge in [0, 0.05) is 11.5 Å². The highest BCUT2D eigenvalue weighted by Crippen LogP contribution is 2.26. The fourth-order valence-electron chi connectivity index (χ4n) is 2.95. The monoisotopic (exact) mass is 349 g/mol. The maximum absolute atomic E-state index is 12.1. The number of rotatable bonds is 13. The number of aromatic hydroxyl groups is 1. The minimum Gasteiger partial charge on any atom is -0.624 e. The molecule has 0 aliphatic rings. The third-order valence-corrected chi connectivity index (χ3v) is 4.37. The summed E-state index contributed by atoms with van der Waals surface area (Å²) in [5.41, 5.74) is 0.749. The molecular weight excluding hydrogens is 314 g/mol. The van der Waals surface area contributed by atoms with E-state index in [-0.39, 0.29) is 5.75 Å². The number of ether oxygens (including phenoxy) is 1. The second-order valence-corrected chi connectivity index (χ2v) is 6.90. The first-order chi connectivity index (χ1) is 12.1. The Kier molecular flexibility index (Phi) is 10.8. The summed E-state index contributed by atoms with van der Waals surface area (Å²) in [6.45, 7) is 7.22. The molecule has 1 aromatic rings. The van der Waals surface area contributed by atoms with Crippen LogP contribution in [0.2, 0.25) is 0 Å². The average Bonchev–Trinajstić information content (AvgIpc) is 2.57. The molecule has 0 aliphatic carbocycles. The van der Waals surface area contributed by atoms with Crippen molar-refractivity contribution in [2.75, 3.05) is 13.2 Å². The van der Waals surface area contributed by atoms with E-state index in [0.717, 1.165) is 16.7 Å². The number of hydroxylamine groups is 1. The van der Waals surface area contributed by atoms with Crippen LogP contribution in [0.15, 0.2) is 18.2 Å². The van der Waals surface area contributed by atoms with Crippen molar-refractivity contribution in [2.45, 2.75) is 72.1 Å². The van der Waals surface area contributed by atoms with Gasteiger partial charge in [0.15, 0.2) is 24.3 Å². The molecule has 0 radical (unpaired) electrons. The first-order valence-electron chi connectivity index (χ1n) is 9.81. The summed E-state index contributed by atoms with van der Waals surface area (Å²) in [7, 11) is 0. The maximum atomic E-state index is 12.1. The number of benzene rings is 1. The van der Waals surface area contributed by atoms with Gasteiger partial charge in [-0.25, -0.2) is 4.74 Å². The summed E-state index contributed by atoms with van der Waals surface area (Å²) in [6.07, 6.45) is 11.8. The van der Waals surface area contributed by atoms with Crippen molar-refractivity contribution in [3.8, 4) is 11.5 Å². The van der Waals surface area contributed by atoms with Crippen LogP contribution in [0.25, 0.3) is 0 Å². The Bertz CT molecular complexity index is 514. The molecule has 0 heterocycles. The van der Waals surface area contributed by atoms with Gasteiger partial charge in [0.2, 0.25) is 0 Å². The highest BCUT2D eigenvalue weighted by molar-refractivity contribution is 5.77. The zero-order valence-electron chi connectivity index (χ0n) is 16.2. The average molecular weight is 350 g/mol. The Morgan fingerprint density at radius 1 is 1.12 bits per heavy atom. The van der Waals surface area contributed by atoms with Crippen LogP contribution >= 0.6 is 0 Å². The van der Waals surface area contributed by atoms with Crippen LogP contribution in [0.3, 0.4) is 0 Å². The molecule has 142 valence electrons. The van der Waals surface area contributed by atoms with Gasteiger partial charge in [-0.3, -0.25) is 0 Å². The SMILES string of the molecule is CCCCCCCCCC(C)C[N+]([O-])=Cc1ccc(O)c(OCC)c1. The van der Waals surface area contributed by atoms with Gasteiger partial charge in [0.25, 0.3) is 0 Å². The molecule has 0 amide bonds. The molecule has 0 saturated carbocycles. The summed E-state index contributed by atoms with van der Waals surface area (Å²) in [5, 5.41) is 21.8. The van der Waals surface area contributed by atoms with E-state index in [2.05, 4.69) is 13.8 Å². The van der Waals surface area contributed by atoms with E-state index in [0.29, 0.717) is 24.8 Å². The molecule has 0 aromatic heterocycles. The van der Waals surface area contributed by atoms with Crippen LogP contribution in [-0.2, 0) is 0 Å². The fourth-order valence-corrected chi connectivity index (χ4v) is 2.95. The molecule has 4 heteroatoms. The van der Waals surface area contributed by atoms with E-state index in [1.807, 2.05) is 6.92 Å². The zero-order chi connectivity index (χ0) is 18.5. The Morgan fingerprint density at radius 3 is 2.48 bits per heavy atom. The molecule has 0 aliphatic heterocycles. The smallest absolute Gasteiger partial charge is 0.181 e. The molecule has 4 nitrogen and oxygen atoms in total. The van der Waals surface area contributed by atoms with E-state index >= 15 is 0 Å². The predicted molar refractivity (Wildman–Crippen MR) is 105 cm³/mol. The van der Waals surface area contributed by atoms with Crippen molar-refractivity contribution in [3.63, 3.8) is 0 Å². The molecule has 0 saturated heterocycles. The van der Waals surface area contributed by atoms with Crippen molar-refractivity contribution in [2.24, 2.45) is 5.92 Å². The molecule has 1 aromatic carbocycles. The number of hydrogen-bond donors (Lipinski definition) is 1. The molecule has 0 spiro atoms. The lowest BCUT2D eigenvalue weighted by molar-refractivity contribution is -0.460. The minimum absolute atomic E-state index is 0.101. The lowest BCUT2D eigenvalue weighted by Gasteiger charge is -2.12. The van der Waals surface area contributed by atoms with Crippen molar-refractivity contribution in [1.82, 2.24) is 0 Å². The zero-order valence-corrected chi connectivity index (χ0v) is 16.2. The van der Waals surface area contributed by atoms with Gasteiger partial charge in [0.1, 0.15) is 0 Å². The summed E-state index contributed by atoms with van der Waals surface area (Å²) in [4.78, 5) is 0. The van der Waals surface area contributed by atoms with Gasteiger partial charge in [0.05, 0.1) is 6.61 Å². The van der Waals surface area contributed by atoms with Crippen LogP contribution in [0.5, 0.6) is 11.5 Å². The quantitative estimate of drug-likeness (QED) is 0.168.